The van der Waals surface area contributed by atoms with Gasteiger partial charge in [-0.15, -0.1) is 0 Å². The second-order valence-electron chi connectivity index (χ2n) is 7.83. The summed E-state index contributed by atoms with van der Waals surface area (Å²) in [5, 5.41) is 2.93. The van der Waals surface area contributed by atoms with Gasteiger partial charge in [-0.25, -0.2) is 4.98 Å². The molecule has 0 bridgehead atoms. The zero-order chi connectivity index (χ0) is 21.9. The summed E-state index contributed by atoms with van der Waals surface area (Å²) in [7, 11) is 0. The number of fused-ring (bicyclic) bond motifs is 1. The molecule has 1 fully saturated rings. The molecule has 8 heteroatoms. The van der Waals surface area contributed by atoms with Crippen molar-refractivity contribution in [2.45, 2.75) is 6.92 Å². The van der Waals surface area contributed by atoms with E-state index in [0.29, 0.717) is 25.6 Å². The Morgan fingerprint density at radius 2 is 1.97 bits per heavy atom. The van der Waals surface area contributed by atoms with Crippen molar-refractivity contribution in [2.24, 2.45) is 0 Å². The number of pyridine rings is 3. The van der Waals surface area contributed by atoms with Gasteiger partial charge in [0, 0.05) is 54.1 Å². The van der Waals surface area contributed by atoms with E-state index in [1.165, 1.54) is 0 Å². The summed E-state index contributed by atoms with van der Waals surface area (Å²) < 4.78 is 5.34. The standard InChI is InChI=1S/C24H24N6O2/c1-16-4-5-18(14-27-16)22-23(28-19-3-2-7-26-24(19)22)17-6-8-25-20(13-17)29-21(31)15-30-9-11-32-12-10-30/h2-8,13-14,28H,9-12,15H2,1H3,(H,25,29,31). The lowest BCUT2D eigenvalue weighted by Gasteiger charge is -2.25. The summed E-state index contributed by atoms with van der Waals surface area (Å²) in [6.07, 6.45) is 5.35. The van der Waals surface area contributed by atoms with Gasteiger partial charge in [-0.3, -0.25) is 19.7 Å². The maximum absolute atomic E-state index is 12.5. The van der Waals surface area contributed by atoms with Crippen LogP contribution in [0.25, 0.3) is 33.4 Å². The minimum Gasteiger partial charge on any atom is -0.379 e. The number of carbonyl (C=O) groups excluding carboxylic acids is 1. The van der Waals surface area contributed by atoms with Crippen LogP contribution in [-0.4, -0.2) is 63.6 Å². The Labute approximate surface area is 185 Å². The van der Waals surface area contributed by atoms with Gasteiger partial charge < -0.3 is 15.0 Å². The lowest BCUT2D eigenvalue weighted by atomic mass is 10.0. The first-order valence-corrected chi connectivity index (χ1v) is 10.6. The fraction of sp³-hybridized carbons (Fsp3) is 0.250. The number of hydrogen-bond acceptors (Lipinski definition) is 6. The predicted molar refractivity (Wildman–Crippen MR) is 123 cm³/mol. The number of aromatic amines is 1. The van der Waals surface area contributed by atoms with E-state index in [-0.39, 0.29) is 5.91 Å². The first-order valence-electron chi connectivity index (χ1n) is 10.6. The molecule has 8 nitrogen and oxygen atoms in total. The monoisotopic (exact) mass is 428 g/mol. The van der Waals surface area contributed by atoms with E-state index in [4.69, 9.17) is 4.74 Å². The summed E-state index contributed by atoms with van der Waals surface area (Å²) in [5.41, 5.74) is 6.55. The number of ether oxygens (including phenoxy) is 1. The third-order valence-corrected chi connectivity index (χ3v) is 5.54. The van der Waals surface area contributed by atoms with Crippen molar-refractivity contribution in [3.63, 3.8) is 0 Å². The summed E-state index contributed by atoms with van der Waals surface area (Å²) in [6.45, 7) is 5.13. The normalized spacial score (nSPS) is 14.5. The first kappa shape index (κ1) is 20.3. The summed E-state index contributed by atoms with van der Waals surface area (Å²) in [5.74, 6) is 0.429. The van der Waals surface area contributed by atoms with Gasteiger partial charge in [0.1, 0.15) is 5.82 Å². The largest absolute Gasteiger partial charge is 0.379 e. The number of aromatic nitrogens is 4. The van der Waals surface area contributed by atoms with Gasteiger partial charge in [-0.05, 0) is 37.3 Å². The Kier molecular flexibility index (Phi) is 5.62. The second kappa shape index (κ2) is 8.86. The fourth-order valence-electron chi connectivity index (χ4n) is 3.93. The van der Waals surface area contributed by atoms with Crippen LogP contribution in [0.4, 0.5) is 5.82 Å². The van der Waals surface area contributed by atoms with Crippen molar-refractivity contribution in [3.8, 4) is 22.4 Å². The molecule has 0 saturated carbocycles. The molecule has 0 atom stereocenters. The van der Waals surface area contributed by atoms with Crippen LogP contribution >= 0.6 is 0 Å². The number of nitrogens with zero attached hydrogens (tertiary/aromatic N) is 4. The maximum atomic E-state index is 12.5. The van der Waals surface area contributed by atoms with Crippen molar-refractivity contribution < 1.29 is 9.53 Å². The van der Waals surface area contributed by atoms with E-state index in [9.17, 15) is 4.79 Å². The molecule has 1 aliphatic heterocycles. The van der Waals surface area contributed by atoms with E-state index in [1.54, 1.807) is 12.4 Å². The molecule has 4 aromatic heterocycles. The molecule has 1 amide bonds. The highest BCUT2D eigenvalue weighted by Gasteiger charge is 2.18. The van der Waals surface area contributed by atoms with Crippen molar-refractivity contribution in [1.29, 1.82) is 0 Å². The van der Waals surface area contributed by atoms with Crippen molar-refractivity contribution >= 4 is 22.8 Å². The lowest BCUT2D eigenvalue weighted by molar-refractivity contribution is -0.118. The molecule has 5 heterocycles. The van der Waals surface area contributed by atoms with Crippen LogP contribution in [0.2, 0.25) is 0 Å². The SMILES string of the molecule is Cc1ccc(-c2c(-c3ccnc(NC(=O)CN4CCOCC4)c3)[nH]c3cccnc23)cn1. The Balaban J connectivity index is 1.47. The van der Waals surface area contributed by atoms with Crippen molar-refractivity contribution in [1.82, 2.24) is 24.8 Å². The van der Waals surface area contributed by atoms with Gasteiger partial charge in [0.2, 0.25) is 5.91 Å². The molecule has 4 aromatic rings. The van der Waals surface area contributed by atoms with Gasteiger partial charge in [0.15, 0.2) is 0 Å². The van der Waals surface area contributed by atoms with E-state index >= 15 is 0 Å². The Morgan fingerprint density at radius 3 is 2.78 bits per heavy atom. The molecule has 0 unspecified atom stereocenters. The van der Waals surface area contributed by atoms with Crippen LogP contribution in [0.3, 0.4) is 0 Å². The van der Waals surface area contributed by atoms with Gasteiger partial charge in [0.05, 0.1) is 36.5 Å². The molecule has 0 aliphatic carbocycles. The molecule has 0 radical (unpaired) electrons. The second-order valence-corrected chi connectivity index (χ2v) is 7.83. The highest BCUT2D eigenvalue weighted by Crippen LogP contribution is 2.37. The molecule has 32 heavy (non-hydrogen) atoms. The van der Waals surface area contributed by atoms with Crippen molar-refractivity contribution in [3.05, 3.63) is 60.7 Å². The topological polar surface area (TPSA) is 96.0 Å². The highest BCUT2D eigenvalue weighted by molar-refractivity contribution is 6.01. The summed E-state index contributed by atoms with van der Waals surface area (Å²) in [4.78, 5) is 31.5. The zero-order valence-corrected chi connectivity index (χ0v) is 17.8. The zero-order valence-electron chi connectivity index (χ0n) is 17.8. The lowest BCUT2D eigenvalue weighted by Crippen LogP contribution is -2.41. The van der Waals surface area contributed by atoms with E-state index in [0.717, 1.165) is 52.2 Å². The number of nitrogens with one attached hydrogen (secondary N) is 2. The number of carbonyl (C=O) groups is 1. The highest BCUT2D eigenvalue weighted by atomic mass is 16.5. The molecule has 162 valence electrons. The molecule has 5 rings (SSSR count). The number of amides is 1. The molecule has 0 aromatic carbocycles. The van der Waals surface area contributed by atoms with Gasteiger partial charge >= 0.3 is 0 Å². The predicted octanol–water partition coefficient (Wildman–Crippen LogP) is 3.27. The summed E-state index contributed by atoms with van der Waals surface area (Å²) in [6, 6.07) is 11.8. The van der Waals surface area contributed by atoms with Crippen LogP contribution in [-0.2, 0) is 9.53 Å². The van der Waals surface area contributed by atoms with Crippen LogP contribution in [0.1, 0.15) is 5.69 Å². The molecule has 0 spiro atoms. The number of H-pyrrole nitrogens is 1. The van der Waals surface area contributed by atoms with E-state index < -0.39 is 0 Å². The molecule has 1 saturated heterocycles. The number of rotatable bonds is 5. The summed E-state index contributed by atoms with van der Waals surface area (Å²) >= 11 is 0. The molecular weight excluding hydrogens is 404 g/mol. The maximum Gasteiger partial charge on any atom is 0.239 e. The van der Waals surface area contributed by atoms with Crippen molar-refractivity contribution in [2.75, 3.05) is 38.2 Å². The van der Waals surface area contributed by atoms with E-state index in [1.807, 2.05) is 43.5 Å². The van der Waals surface area contributed by atoms with Crippen LogP contribution < -0.4 is 5.32 Å². The number of hydrogen-bond donors (Lipinski definition) is 2. The first-order chi connectivity index (χ1) is 15.7. The Morgan fingerprint density at radius 1 is 1.09 bits per heavy atom. The Hall–Kier alpha value is -3.62. The van der Waals surface area contributed by atoms with Crippen LogP contribution in [0.15, 0.2) is 55.0 Å². The smallest absolute Gasteiger partial charge is 0.239 e. The molecule has 2 N–H and O–H groups in total. The van der Waals surface area contributed by atoms with E-state index in [2.05, 4.69) is 36.2 Å². The van der Waals surface area contributed by atoms with Gasteiger partial charge in [-0.2, -0.15) is 0 Å². The third kappa shape index (κ3) is 4.23. The van der Waals surface area contributed by atoms with Crippen LogP contribution in [0, 0.1) is 6.92 Å². The molecular formula is C24H24N6O2. The fourth-order valence-corrected chi connectivity index (χ4v) is 3.93. The minimum absolute atomic E-state index is 0.0854. The van der Waals surface area contributed by atoms with Crippen LogP contribution in [0.5, 0.6) is 0 Å². The third-order valence-electron chi connectivity index (χ3n) is 5.54. The quantitative estimate of drug-likeness (QED) is 0.507. The number of morpholine rings is 1. The van der Waals surface area contributed by atoms with Gasteiger partial charge in [0.25, 0.3) is 0 Å². The molecule has 1 aliphatic rings. The number of aryl methyl sites for hydroxylation is 1. The van der Waals surface area contributed by atoms with Gasteiger partial charge in [-0.1, -0.05) is 6.07 Å². The minimum atomic E-state index is -0.0854. The average molecular weight is 428 g/mol. The Bertz CT molecular complexity index is 1250. The average Bonchev–Trinajstić information content (AvgIpc) is 3.20. The number of anilines is 1.